The van der Waals surface area contributed by atoms with Gasteiger partial charge in [0, 0.05) is 11.1 Å². The van der Waals surface area contributed by atoms with E-state index in [1.54, 1.807) is 26.0 Å². The highest BCUT2D eigenvalue weighted by Crippen LogP contribution is 2.23. The topological polar surface area (TPSA) is 46.2 Å². The van der Waals surface area contributed by atoms with Crippen LogP contribution in [0.4, 0.5) is 0 Å². The minimum Gasteiger partial charge on any atom is -0.288 e. The summed E-state index contributed by atoms with van der Waals surface area (Å²) in [5.74, 6) is 10.3. The minimum atomic E-state index is -0.400. The lowest BCUT2D eigenvalue weighted by Crippen LogP contribution is -2.20. The van der Waals surface area contributed by atoms with Crippen molar-refractivity contribution < 1.29 is 9.59 Å². The van der Waals surface area contributed by atoms with Crippen molar-refractivity contribution in [3.05, 3.63) is 34.4 Å². The molecule has 0 aliphatic carbocycles. The fourth-order valence-electron chi connectivity index (χ4n) is 1.78. The first-order valence-corrected chi connectivity index (χ1v) is 8.07. The number of amides is 2. The first-order valence-electron chi connectivity index (χ1n) is 8.07. The SMILES string of the molecule is CC.CC.CC.CC#Cc1ccc(C#CC)c2c1C(=O)NC2=O. The highest BCUT2D eigenvalue weighted by atomic mass is 16.2. The van der Waals surface area contributed by atoms with Gasteiger partial charge in [0.1, 0.15) is 0 Å². The molecule has 0 spiro atoms. The first kappa shape index (κ1) is 22.8. The van der Waals surface area contributed by atoms with Crippen LogP contribution in [0.1, 0.15) is 87.2 Å². The molecule has 0 bridgehead atoms. The number of rotatable bonds is 0. The Morgan fingerprint density at radius 2 is 1.00 bits per heavy atom. The molecule has 1 aliphatic heterocycles. The second-order valence-corrected chi connectivity index (χ2v) is 3.44. The number of imide groups is 1. The first-order chi connectivity index (χ1) is 11.2. The molecule has 0 radical (unpaired) electrons. The molecule has 1 aromatic carbocycles. The smallest absolute Gasteiger partial charge is 0.260 e. The second kappa shape index (κ2) is 13.2. The van der Waals surface area contributed by atoms with E-state index in [2.05, 4.69) is 29.0 Å². The maximum absolute atomic E-state index is 11.7. The number of carbonyl (C=O) groups excluding carboxylic acids is 2. The van der Waals surface area contributed by atoms with Crippen molar-refractivity contribution >= 4 is 11.8 Å². The Morgan fingerprint density at radius 1 is 0.696 bits per heavy atom. The molecule has 0 fully saturated rings. The van der Waals surface area contributed by atoms with Crippen LogP contribution in [-0.2, 0) is 0 Å². The summed E-state index contributed by atoms with van der Waals surface area (Å²) in [4.78, 5) is 23.4. The fraction of sp³-hybridized carbons (Fsp3) is 0.400. The molecule has 1 aromatic rings. The summed E-state index contributed by atoms with van der Waals surface area (Å²) in [6.45, 7) is 15.4. The van der Waals surface area contributed by atoms with Crippen LogP contribution in [-0.4, -0.2) is 11.8 Å². The average Bonchev–Trinajstić information content (AvgIpc) is 2.91. The molecule has 0 saturated carbocycles. The monoisotopic (exact) mass is 313 g/mol. The van der Waals surface area contributed by atoms with Crippen molar-refractivity contribution in [2.24, 2.45) is 0 Å². The van der Waals surface area contributed by atoms with Crippen LogP contribution >= 0.6 is 0 Å². The maximum atomic E-state index is 11.7. The van der Waals surface area contributed by atoms with Gasteiger partial charge in [0.2, 0.25) is 0 Å². The number of fused-ring (bicyclic) bond motifs is 1. The Kier molecular flexibility index (Phi) is 13.0. The molecule has 1 N–H and O–H groups in total. The van der Waals surface area contributed by atoms with E-state index in [9.17, 15) is 9.59 Å². The van der Waals surface area contributed by atoms with Gasteiger partial charge in [-0.15, -0.1) is 11.8 Å². The van der Waals surface area contributed by atoms with Crippen LogP contribution in [0.3, 0.4) is 0 Å². The van der Waals surface area contributed by atoms with E-state index < -0.39 is 11.8 Å². The van der Waals surface area contributed by atoms with Crippen molar-refractivity contribution in [3.8, 4) is 23.7 Å². The lowest BCUT2D eigenvalue weighted by Gasteiger charge is -2.01. The third-order valence-electron chi connectivity index (χ3n) is 2.41. The van der Waals surface area contributed by atoms with Crippen molar-refractivity contribution in [2.45, 2.75) is 55.4 Å². The largest absolute Gasteiger partial charge is 0.288 e. The lowest BCUT2D eigenvalue weighted by atomic mass is 9.98. The Balaban J connectivity index is 0. The maximum Gasteiger partial charge on any atom is 0.260 e. The van der Waals surface area contributed by atoms with Gasteiger partial charge in [-0.2, -0.15) is 0 Å². The number of nitrogens with one attached hydrogen (secondary N) is 1. The van der Waals surface area contributed by atoms with Crippen LogP contribution in [0, 0.1) is 23.7 Å². The standard InChI is InChI=1S/C14H9NO2.3C2H6/c1-3-5-9-7-8-10(6-4-2)12-11(9)13(16)15-14(12)17;3*1-2/h7-8H,1-2H3,(H,15,16,17);3*1-2H3. The highest BCUT2D eigenvalue weighted by Gasteiger charge is 2.31. The number of carbonyl (C=O) groups is 2. The molecule has 3 nitrogen and oxygen atoms in total. The number of hydrogen-bond donors (Lipinski definition) is 1. The normalized spacial score (nSPS) is 9.57. The van der Waals surface area contributed by atoms with Crippen molar-refractivity contribution in [2.75, 3.05) is 0 Å². The molecule has 0 atom stereocenters. The van der Waals surface area contributed by atoms with Crippen molar-refractivity contribution in [1.29, 1.82) is 0 Å². The molecule has 1 aliphatic rings. The van der Waals surface area contributed by atoms with Crippen LogP contribution in [0.15, 0.2) is 12.1 Å². The molecule has 23 heavy (non-hydrogen) atoms. The summed E-state index contributed by atoms with van der Waals surface area (Å²) in [7, 11) is 0. The third-order valence-corrected chi connectivity index (χ3v) is 2.41. The Hall–Kier alpha value is -2.52. The summed E-state index contributed by atoms with van der Waals surface area (Å²) >= 11 is 0. The zero-order valence-electron chi connectivity index (χ0n) is 15.5. The quantitative estimate of drug-likeness (QED) is 0.570. The summed E-state index contributed by atoms with van der Waals surface area (Å²) in [5, 5.41) is 2.27. The van der Waals surface area contributed by atoms with E-state index in [1.165, 1.54) is 0 Å². The fourth-order valence-corrected chi connectivity index (χ4v) is 1.78. The molecule has 2 rings (SSSR count). The van der Waals surface area contributed by atoms with Crippen LogP contribution in [0.25, 0.3) is 0 Å². The molecule has 0 aromatic heterocycles. The van der Waals surface area contributed by atoms with Crippen molar-refractivity contribution in [1.82, 2.24) is 5.32 Å². The predicted octanol–water partition coefficient (Wildman–Crippen LogP) is 4.39. The van der Waals surface area contributed by atoms with Gasteiger partial charge in [0.05, 0.1) is 11.1 Å². The summed E-state index contributed by atoms with van der Waals surface area (Å²) in [6.07, 6.45) is 0. The number of benzene rings is 1. The average molecular weight is 313 g/mol. The zero-order chi connectivity index (χ0) is 18.4. The third kappa shape index (κ3) is 5.64. The van der Waals surface area contributed by atoms with Crippen LogP contribution in [0.2, 0.25) is 0 Å². The lowest BCUT2D eigenvalue weighted by molar-refractivity contribution is 0.0879. The van der Waals surface area contributed by atoms with Gasteiger partial charge >= 0.3 is 0 Å². The molecule has 1 heterocycles. The van der Waals surface area contributed by atoms with Crippen LogP contribution < -0.4 is 5.32 Å². The molecular weight excluding hydrogens is 286 g/mol. The summed E-state index contributed by atoms with van der Waals surface area (Å²) in [5.41, 5.74) is 1.80. The Labute approximate surface area is 140 Å². The van der Waals surface area contributed by atoms with Gasteiger partial charge < -0.3 is 0 Å². The molecule has 0 unspecified atom stereocenters. The molecule has 0 saturated heterocycles. The van der Waals surface area contributed by atoms with Gasteiger partial charge in [0.15, 0.2) is 0 Å². The van der Waals surface area contributed by atoms with E-state index in [0.29, 0.717) is 22.3 Å². The van der Waals surface area contributed by atoms with E-state index in [1.807, 2.05) is 41.5 Å². The van der Waals surface area contributed by atoms with Gasteiger partial charge in [-0.05, 0) is 26.0 Å². The molecule has 2 amide bonds. The van der Waals surface area contributed by atoms with Gasteiger partial charge in [-0.25, -0.2) is 0 Å². The van der Waals surface area contributed by atoms with Gasteiger partial charge in [-0.1, -0.05) is 53.4 Å². The number of hydrogen-bond acceptors (Lipinski definition) is 2. The second-order valence-electron chi connectivity index (χ2n) is 3.44. The van der Waals surface area contributed by atoms with Crippen molar-refractivity contribution in [3.63, 3.8) is 0 Å². The Bertz CT molecular complexity index is 593. The van der Waals surface area contributed by atoms with E-state index in [-0.39, 0.29) is 0 Å². The summed E-state index contributed by atoms with van der Waals surface area (Å²) < 4.78 is 0. The Morgan fingerprint density at radius 3 is 1.26 bits per heavy atom. The van der Waals surface area contributed by atoms with Gasteiger partial charge in [-0.3, -0.25) is 14.9 Å². The van der Waals surface area contributed by atoms with Gasteiger partial charge in [0.25, 0.3) is 11.8 Å². The molecule has 124 valence electrons. The highest BCUT2D eigenvalue weighted by molar-refractivity contribution is 6.23. The summed E-state index contributed by atoms with van der Waals surface area (Å²) in [6, 6.07) is 3.43. The predicted molar refractivity (Wildman–Crippen MR) is 97.4 cm³/mol. The van der Waals surface area contributed by atoms with E-state index in [0.717, 1.165) is 0 Å². The zero-order valence-corrected chi connectivity index (χ0v) is 15.5. The van der Waals surface area contributed by atoms with E-state index in [4.69, 9.17) is 0 Å². The van der Waals surface area contributed by atoms with E-state index >= 15 is 0 Å². The van der Waals surface area contributed by atoms with Crippen LogP contribution in [0.5, 0.6) is 0 Å². The minimum absolute atomic E-state index is 0.338. The molecule has 3 heteroatoms. The molecular formula is C20H27NO2.